The van der Waals surface area contributed by atoms with Gasteiger partial charge in [0.15, 0.2) is 0 Å². The fourth-order valence-electron chi connectivity index (χ4n) is 1.71. The summed E-state index contributed by atoms with van der Waals surface area (Å²) in [6.07, 6.45) is 4.55. The van der Waals surface area contributed by atoms with E-state index in [-0.39, 0.29) is 0 Å². The molecule has 0 heterocycles. The summed E-state index contributed by atoms with van der Waals surface area (Å²) in [6.45, 7) is 2.19. The quantitative estimate of drug-likeness (QED) is 0.796. The van der Waals surface area contributed by atoms with Gasteiger partial charge in [-0.05, 0) is 49.9 Å². The zero-order valence-electron chi connectivity index (χ0n) is 9.92. The Labute approximate surface area is 97.7 Å². The molecule has 84 valence electrons. The van der Waals surface area contributed by atoms with Gasteiger partial charge in [-0.2, -0.15) is 11.8 Å². The normalized spacial score (nSPS) is 12.7. The topological polar surface area (TPSA) is 12.0 Å². The lowest BCUT2D eigenvalue weighted by Crippen LogP contribution is -2.28. The predicted octanol–water partition coefficient (Wildman–Crippen LogP) is 2.88. The van der Waals surface area contributed by atoms with Crippen molar-refractivity contribution in [3.05, 3.63) is 35.4 Å². The summed E-state index contributed by atoms with van der Waals surface area (Å²) in [5.74, 6) is 1.23. The molecule has 0 fully saturated rings. The molecule has 1 unspecified atom stereocenters. The lowest BCUT2D eigenvalue weighted by molar-refractivity contribution is 0.546. The van der Waals surface area contributed by atoms with E-state index in [0.29, 0.717) is 6.04 Å². The van der Waals surface area contributed by atoms with Crippen molar-refractivity contribution in [1.82, 2.24) is 5.32 Å². The van der Waals surface area contributed by atoms with E-state index in [0.717, 1.165) is 6.42 Å². The van der Waals surface area contributed by atoms with Gasteiger partial charge < -0.3 is 5.32 Å². The molecule has 1 nitrogen and oxygen atoms in total. The van der Waals surface area contributed by atoms with Crippen molar-refractivity contribution in [2.45, 2.75) is 25.8 Å². The Morgan fingerprint density at radius 2 is 2.07 bits per heavy atom. The first-order valence-corrected chi connectivity index (χ1v) is 6.88. The molecule has 1 rings (SSSR count). The molecule has 1 N–H and O–H groups in total. The van der Waals surface area contributed by atoms with Crippen LogP contribution in [0.25, 0.3) is 0 Å². The van der Waals surface area contributed by atoms with Gasteiger partial charge in [-0.1, -0.05) is 24.3 Å². The van der Waals surface area contributed by atoms with Crippen LogP contribution in [0.4, 0.5) is 0 Å². The molecule has 0 aromatic heterocycles. The monoisotopic (exact) mass is 223 g/mol. The molecule has 1 atom stereocenters. The molecule has 1 aromatic carbocycles. The third kappa shape index (κ3) is 4.27. The summed E-state index contributed by atoms with van der Waals surface area (Å²) in [4.78, 5) is 0. The molecular formula is C13H21NS. The number of likely N-dealkylation sites (N-methyl/N-ethyl adjacent to an activating group) is 1. The second-order valence-corrected chi connectivity index (χ2v) is 4.88. The molecule has 0 radical (unpaired) electrons. The molecule has 1 aromatic rings. The number of aryl methyl sites for hydroxylation is 1. The van der Waals surface area contributed by atoms with Crippen molar-refractivity contribution < 1.29 is 0 Å². The molecule has 0 amide bonds. The third-order valence-corrected chi connectivity index (χ3v) is 3.45. The maximum Gasteiger partial charge on any atom is 0.0112 e. The van der Waals surface area contributed by atoms with Crippen LogP contribution in [0.15, 0.2) is 24.3 Å². The van der Waals surface area contributed by atoms with Crippen molar-refractivity contribution >= 4 is 11.8 Å². The summed E-state index contributed by atoms with van der Waals surface area (Å²) in [5.41, 5.74) is 2.87. The molecule has 0 aliphatic heterocycles. The van der Waals surface area contributed by atoms with Gasteiger partial charge in [0.05, 0.1) is 0 Å². The molecule has 0 saturated heterocycles. The Morgan fingerprint density at radius 3 is 2.67 bits per heavy atom. The number of rotatable bonds is 6. The van der Waals surface area contributed by atoms with Crippen molar-refractivity contribution in [2.24, 2.45) is 0 Å². The van der Waals surface area contributed by atoms with E-state index in [1.54, 1.807) is 0 Å². The van der Waals surface area contributed by atoms with Crippen LogP contribution >= 0.6 is 11.8 Å². The standard InChI is InChI=1S/C13H21NS/c1-11-6-4-5-7-12(11)10-13(14-2)8-9-15-3/h4-7,13-14H,8-10H2,1-3H3. The van der Waals surface area contributed by atoms with Gasteiger partial charge in [0.25, 0.3) is 0 Å². The van der Waals surface area contributed by atoms with Gasteiger partial charge in [-0.15, -0.1) is 0 Å². The molecule has 15 heavy (non-hydrogen) atoms. The zero-order valence-corrected chi connectivity index (χ0v) is 10.7. The SMILES string of the molecule is CNC(CCSC)Cc1ccccc1C. The lowest BCUT2D eigenvalue weighted by Gasteiger charge is -2.16. The van der Waals surface area contributed by atoms with Crippen LogP contribution in [-0.2, 0) is 6.42 Å². The maximum atomic E-state index is 3.40. The molecular weight excluding hydrogens is 202 g/mol. The lowest BCUT2D eigenvalue weighted by atomic mass is 10.00. The number of benzene rings is 1. The van der Waals surface area contributed by atoms with Crippen LogP contribution in [0.2, 0.25) is 0 Å². The first-order chi connectivity index (χ1) is 7.27. The second kappa shape index (κ2) is 6.91. The summed E-state index contributed by atoms with van der Waals surface area (Å²) in [6, 6.07) is 9.27. The first-order valence-electron chi connectivity index (χ1n) is 5.48. The van der Waals surface area contributed by atoms with E-state index in [2.05, 4.69) is 49.8 Å². The Hall–Kier alpha value is -0.470. The third-order valence-electron chi connectivity index (χ3n) is 2.81. The fraction of sp³-hybridized carbons (Fsp3) is 0.538. The number of thioether (sulfide) groups is 1. The van der Waals surface area contributed by atoms with Gasteiger partial charge in [0.2, 0.25) is 0 Å². The van der Waals surface area contributed by atoms with E-state index >= 15 is 0 Å². The van der Waals surface area contributed by atoms with E-state index in [1.165, 1.54) is 23.3 Å². The van der Waals surface area contributed by atoms with Crippen molar-refractivity contribution in [3.8, 4) is 0 Å². The largest absolute Gasteiger partial charge is 0.317 e. The van der Waals surface area contributed by atoms with Gasteiger partial charge >= 0.3 is 0 Å². The first kappa shape index (κ1) is 12.6. The second-order valence-electron chi connectivity index (χ2n) is 3.90. The van der Waals surface area contributed by atoms with Crippen molar-refractivity contribution in [2.75, 3.05) is 19.1 Å². The number of nitrogens with one attached hydrogen (secondary N) is 1. The molecule has 0 spiro atoms. The molecule has 0 bridgehead atoms. The number of hydrogen-bond donors (Lipinski definition) is 1. The average Bonchev–Trinajstić information content (AvgIpc) is 2.26. The van der Waals surface area contributed by atoms with Crippen LogP contribution in [0.1, 0.15) is 17.5 Å². The van der Waals surface area contributed by atoms with Gasteiger partial charge in [-0.3, -0.25) is 0 Å². The Kier molecular flexibility index (Phi) is 5.81. The van der Waals surface area contributed by atoms with E-state index in [4.69, 9.17) is 0 Å². The Balaban J connectivity index is 2.54. The molecule has 2 heteroatoms. The van der Waals surface area contributed by atoms with Crippen LogP contribution in [0.5, 0.6) is 0 Å². The smallest absolute Gasteiger partial charge is 0.0112 e. The molecule has 0 aliphatic carbocycles. The highest BCUT2D eigenvalue weighted by Gasteiger charge is 2.07. The van der Waals surface area contributed by atoms with Crippen molar-refractivity contribution in [3.63, 3.8) is 0 Å². The Bertz CT molecular complexity index is 286. The van der Waals surface area contributed by atoms with Crippen LogP contribution < -0.4 is 5.32 Å². The van der Waals surface area contributed by atoms with E-state index < -0.39 is 0 Å². The summed E-state index contributed by atoms with van der Waals surface area (Å²) < 4.78 is 0. The average molecular weight is 223 g/mol. The molecule has 0 aliphatic rings. The van der Waals surface area contributed by atoms with Crippen LogP contribution in [0, 0.1) is 6.92 Å². The van der Waals surface area contributed by atoms with Crippen LogP contribution in [-0.4, -0.2) is 25.1 Å². The zero-order chi connectivity index (χ0) is 11.1. The van der Waals surface area contributed by atoms with Crippen molar-refractivity contribution in [1.29, 1.82) is 0 Å². The summed E-state index contributed by atoms with van der Waals surface area (Å²) in [7, 11) is 2.06. The highest BCUT2D eigenvalue weighted by molar-refractivity contribution is 7.98. The minimum Gasteiger partial charge on any atom is -0.317 e. The molecule has 0 saturated carbocycles. The van der Waals surface area contributed by atoms with Gasteiger partial charge in [0.1, 0.15) is 0 Å². The minimum atomic E-state index is 0.610. The summed E-state index contributed by atoms with van der Waals surface area (Å²) in [5, 5.41) is 3.40. The van der Waals surface area contributed by atoms with Gasteiger partial charge in [0, 0.05) is 6.04 Å². The highest BCUT2D eigenvalue weighted by Crippen LogP contribution is 2.12. The van der Waals surface area contributed by atoms with E-state index in [1.807, 2.05) is 11.8 Å². The highest BCUT2D eigenvalue weighted by atomic mass is 32.2. The van der Waals surface area contributed by atoms with Gasteiger partial charge in [-0.25, -0.2) is 0 Å². The minimum absolute atomic E-state index is 0.610. The maximum absolute atomic E-state index is 3.40. The van der Waals surface area contributed by atoms with Crippen LogP contribution in [0.3, 0.4) is 0 Å². The fourth-order valence-corrected chi connectivity index (χ4v) is 2.23. The Morgan fingerprint density at radius 1 is 1.33 bits per heavy atom. The van der Waals surface area contributed by atoms with E-state index in [9.17, 15) is 0 Å². The predicted molar refractivity (Wildman–Crippen MR) is 70.7 cm³/mol. The summed E-state index contributed by atoms with van der Waals surface area (Å²) >= 11 is 1.92. The number of hydrogen-bond acceptors (Lipinski definition) is 2.